The number of thiophene rings is 1. The largest absolute Gasteiger partial charge is 0.360 e. The minimum absolute atomic E-state index is 0. The summed E-state index contributed by atoms with van der Waals surface area (Å²) in [6, 6.07) is 12.0. The molecule has 1 saturated heterocycles. The van der Waals surface area contributed by atoms with E-state index in [1.807, 2.05) is 24.3 Å². The Balaban J connectivity index is 0.00000300. The Hall–Kier alpha value is -1.81. The molecule has 1 fully saturated rings. The Morgan fingerprint density at radius 1 is 1.14 bits per heavy atom. The van der Waals surface area contributed by atoms with Crippen LogP contribution in [0.1, 0.15) is 22.8 Å². The second-order valence-electron chi connectivity index (χ2n) is 6.99. The fourth-order valence-electron chi connectivity index (χ4n) is 3.19. The molecule has 2 aromatic rings. The SMILES string of the molecule is CCNC(=NCc1ccc(C(=O)N(C)C)cc1)N1CCN(c2cccs2)CC1.I. The van der Waals surface area contributed by atoms with Crippen LogP contribution in [0.5, 0.6) is 0 Å². The van der Waals surface area contributed by atoms with Gasteiger partial charge in [-0.2, -0.15) is 0 Å². The number of halogens is 1. The van der Waals surface area contributed by atoms with Gasteiger partial charge in [-0.3, -0.25) is 4.79 Å². The van der Waals surface area contributed by atoms with Crippen LogP contribution in [-0.2, 0) is 6.54 Å². The van der Waals surface area contributed by atoms with E-state index in [0.29, 0.717) is 12.1 Å². The van der Waals surface area contributed by atoms with Gasteiger partial charge in [0.05, 0.1) is 11.5 Å². The lowest BCUT2D eigenvalue weighted by Gasteiger charge is -2.37. The van der Waals surface area contributed by atoms with Gasteiger partial charge in [0, 0.05) is 52.4 Å². The number of aliphatic imine (C=N–C) groups is 1. The van der Waals surface area contributed by atoms with E-state index < -0.39 is 0 Å². The van der Waals surface area contributed by atoms with Gasteiger partial charge in [0.15, 0.2) is 5.96 Å². The number of rotatable bonds is 5. The van der Waals surface area contributed by atoms with E-state index in [2.05, 4.69) is 39.6 Å². The number of hydrogen-bond acceptors (Lipinski definition) is 4. The van der Waals surface area contributed by atoms with E-state index in [1.165, 1.54) is 5.00 Å². The van der Waals surface area contributed by atoms with Gasteiger partial charge in [-0.05, 0) is 42.1 Å². The van der Waals surface area contributed by atoms with Crippen LogP contribution in [-0.4, -0.2) is 68.5 Å². The van der Waals surface area contributed by atoms with Crippen molar-refractivity contribution in [3.63, 3.8) is 0 Å². The average molecular weight is 527 g/mol. The van der Waals surface area contributed by atoms with E-state index in [0.717, 1.165) is 44.2 Å². The highest BCUT2D eigenvalue weighted by molar-refractivity contribution is 14.0. The molecule has 0 aliphatic carbocycles. The minimum atomic E-state index is 0. The molecule has 0 radical (unpaired) electrons. The third-order valence-corrected chi connectivity index (χ3v) is 5.68. The van der Waals surface area contributed by atoms with Crippen molar-refractivity contribution in [2.75, 3.05) is 51.7 Å². The molecule has 158 valence electrons. The predicted molar refractivity (Wildman–Crippen MR) is 133 cm³/mol. The summed E-state index contributed by atoms with van der Waals surface area (Å²) in [4.78, 5) is 23.2. The van der Waals surface area contributed by atoms with Gasteiger partial charge in [-0.25, -0.2) is 4.99 Å². The number of nitrogens with one attached hydrogen (secondary N) is 1. The van der Waals surface area contributed by atoms with Crippen LogP contribution in [0.15, 0.2) is 46.8 Å². The van der Waals surface area contributed by atoms with Gasteiger partial charge in [0.25, 0.3) is 5.91 Å². The molecule has 0 atom stereocenters. The highest BCUT2D eigenvalue weighted by Crippen LogP contribution is 2.22. The normalized spacial score (nSPS) is 14.4. The number of guanidine groups is 1. The lowest BCUT2D eigenvalue weighted by Crippen LogP contribution is -2.52. The third kappa shape index (κ3) is 6.33. The van der Waals surface area contributed by atoms with E-state index >= 15 is 0 Å². The van der Waals surface area contributed by atoms with E-state index in [4.69, 9.17) is 4.99 Å². The number of carbonyl (C=O) groups is 1. The number of anilines is 1. The van der Waals surface area contributed by atoms with Crippen molar-refractivity contribution in [1.29, 1.82) is 0 Å². The molecule has 2 heterocycles. The molecule has 0 unspecified atom stereocenters. The summed E-state index contributed by atoms with van der Waals surface area (Å²) in [6.45, 7) is 7.47. The summed E-state index contributed by atoms with van der Waals surface area (Å²) in [7, 11) is 3.53. The molecule has 8 heteroatoms. The maximum Gasteiger partial charge on any atom is 0.253 e. The summed E-state index contributed by atoms with van der Waals surface area (Å²) in [6.07, 6.45) is 0. The second-order valence-corrected chi connectivity index (χ2v) is 7.92. The lowest BCUT2D eigenvalue weighted by molar-refractivity contribution is 0.0827. The van der Waals surface area contributed by atoms with E-state index in [9.17, 15) is 4.79 Å². The number of piperazine rings is 1. The molecule has 1 amide bonds. The summed E-state index contributed by atoms with van der Waals surface area (Å²) in [5.41, 5.74) is 1.80. The first-order valence-corrected chi connectivity index (χ1v) is 10.6. The Labute approximate surface area is 194 Å². The molecule has 6 nitrogen and oxygen atoms in total. The molecule has 1 N–H and O–H groups in total. The summed E-state index contributed by atoms with van der Waals surface area (Å²) >= 11 is 1.80. The first kappa shape index (κ1) is 23.5. The zero-order valence-electron chi connectivity index (χ0n) is 17.3. The number of carbonyl (C=O) groups excluding carboxylic acids is 1. The molecule has 0 bridgehead atoms. The summed E-state index contributed by atoms with van der Waals surface area (Å²) in [5, 5.41) is 6.89. The van der Waals surface area contributed by atoms with Crippen LogP contribution in [0.25, 0.3) is 0 Å². The molecule has 0 saturated carbocycles. The molecular formula is C21H30IN5OS. The van der Waals surface area contributed by atoms with Crippen LogP contribution < -0.4 is 10.2 Å². The number of benzene rings is 1. The second kappa shape index (κ2) is 11.4. The van der Waals surface area contributed by atoms with Gasteiger partial charge in [-0.15, -0.1) is 35.3 Å². The molecule has 1 aliphatic rings. The highest BCUT2D eigenvalue weighted by atomic mass is 127. The Morgan fingerprint density at radius 3 is 2.38 bits per heavy atom. The standard InChI is InChI=1S/C21H29N5OS.HI/c1-4-22-21(26-13-11-25(12-14-26)19-6-5-15-28-19)23-16-17-7-9-18(10-8-17)20(27)24(2)3;/h5-10,15H,4,11-14,16H2,1-3H3,(H,22,23);1H. The molecular weight excluding hydrogens is 497 g/mol. The van der Waals surface area contributed by atoms with Crippen molar-refractivity contribution >= 4 is 52.2 Å². The van der Waals surface area contributed by atoms with Crippen LogP contribution in [0.4, 0.5) is 5.00 Å². The smallest absolute Gasteiger partial charge is 0.253 e. The molecule has 3 rings (SSSR count). The van der Waals surface area contributed by atoms with Gasteiger partial charge < -0.3 is 20.0 Å². The lowest BCUT2D eigenvalue weighted by atomic mass is 10.1. The zero-order chi connectivity index (χ0) is 19.9. The monoisotopic (exact) mass is 527 g/mol. The zero-order valence-corrected chi connectivity index (χ0v) is 20.4. The number of amides is 1. The van der Waals surface area contributed by atoms with Gasteiger partial charge in [0.1, 0.15) is 0 Å². The molecule has 0 spiro atoms. The van der Waals surface area contributed by atoms with E-state index in [1.54, 1.807) is 30.3 Å². The van der Waals surface area contributed by atoms with Gasteiger partial charge in [0.2, 0.25) is 0 Å². The van der Waals surface area contributed by atoms with Crippen molar-refractivity contribution in [3.8, 4) is 0 Å². The maximum atomic E-state index is 12.0. The summed E-state index contributed by atoms with van der Waals surface area (Å²) in [5.74, 6) is 0.980. The molecule has 29 heavy (non-hydrogen) atoms. The first-order valence-electron chi connectivity index (χ1n) is 9.70. The molecule has 1 aliphatic heterocycles. The summed E-state index contributed by atoms with van der Waals surface area (Å²) < 4.78 is 0. The first-order chi connectivity index (χ1) is 13.6. The van der Waals surface area contributed by atoms with E-state index in [-0.39, 0.29) is 29.9 Å². The topological polar surface area (TPSA) is 51.2 Å². The van der Waals surface area contributed by atoms with Gasteiger partial charge in [-0.1, -0.05) is 12.1 Å². The van der Waals surface area contributed by atoms with Crippen molar-refractivity contribution in [2.45, 2.75) is 13.5 Å². The number of hydrogen-bond donors (Lipinski definition) is 1. The van der Waals surface area contributed by atoms with Crippen molar-refractivity contribution < 1.29 is 4.79 Å². The fourth-order valence-corrected chi connectivity index (χ4v) is 3.98. The Bertz CT molecular complexity index is 784. The van der Waals surface area contributed by atoms with Gasteiger partial charge >= 0.3 is 0 Å². The van der Waals surface area contributed by atoms with Crippen LogP contribution in [0.2, 0.25) is 0 Å². The van der Waals surface area contributed by atoms with Crippen LogP contribution in [0.3, 0.4) is 0 Å². The highest BCUT2D eigenvalue weighted by Gasteiger charge is 2.20. The molecule has 1 aromatic heterocycles. The predicted octanol–water partition coefficient (Wildman–Crippen LogP) is 3.36. The van der Waals surface area contributed by atoms with Crippen LogP contribution in [0, 0.1) is 0 Å². The quantitative estimate of drug-likeness (QED) is 0.368. The fraction of sp³-hybridized carbons (Fsp3) is 0.429. The van der Waals surface area contributed by atoms with Crippen molar-refractivity contribution in [1.82, 2.24) is 15.1 Å². The maximum absolute atomic E-state index is 12.0. The third-order valence-electron chi connectivity index (χ3n) is 4.75. The molecule has 1 aromatic carbocycles. The van der Waals surface area contributed by atoms with Crippen molar-refractivity contribution in [3.05, 3.63) is 52.9 Å². The van der Waals surface area contributed by atoms with Crippen LogP contribution >= 0.6 is 35.3 Å². The minimum Gasteiger partial charge on any atom is -0.360 e. The average Bonchev–Trinajstić information content (AvgIpc) is 3.26. The number of nitrogens with zero attached hydrogens (tertiary/aromatic N) is 4. The Morgan fingerprint density at radius 2 is 1.83 bits per heavy atom. The Kier molecular flexibility index (Phi) is 9.22. The van der Waals surface area contributed by atoms with Crippen molar-refractivity contribution in [2.24, 2.45) is 4.99 Å².